The number of hydrogen-bond donors (Lipinski definition) is 4. The third-order valence-electron chi connectivity index (χ3n) is 5.11. The normalized spacial score (nSPS) is 19.3. The van der Waals surface area contributed by atoms with Crippen LogP contribution >= 0.6 is 0 Å². The van der Waals surface area contributed by atoms with Gasteiger partial charge in [0.1, 0.15) is 5.82 Å². The number of benzene rings is 1. The highest BCUT2D eigenvalue weighted by atomic mass is 32.2. The summed E-state index contributed by atoms with van der Waals surface area (Å²) in [6.45, 7) is 1.90. The second-order valence-electron chi connectivity index (χ2n) is 7.48. The first-order chi connectivity index (χ1) is 14.2. The van der Waals surface area contributed by atoms with E-state index < -0.39 is 15.7 Å². The molecule has 2 aromatic rings. The zero-order valence-corrected chi connectivity index (χ0v) is 17.9. The number of aliphatic hydroxyl groups is 1. The molecular weight excluding hydrogens is 406 g/mol. The first-order valence-corrected chi connectivity index (χ1v) is 11.8. The average molecular weight is 434 g/mol. The van der Waals surface area contributed by atoms with E-state index in [2.05, 4.69) is 20.6 Å². The topological polar surface area (TPSA) is 147 Å². The number of aryl methyl sites for hydroxylation is 1. The molecule has 0 saturated heterocycles. The van der Waals surface area contributed by atoms with Gasteiger partial charge in [0.25, 0.3) is 5.91 Å². The van der Waals surface area contributed by atoms with Gasteiger partial charge in [-0.3, -0.25) is 4.79 Å². The summed E-state index contributed by atoms with van der Waals surface area (Å²) in [7, 11) is -3.50. The molecular formula is C20H27N5O4S. The highest BCUT2D eigenvalue weighted by Crippen LogP contribution is 2.28. The fourth-order valence-corrected chi connectivity index (χ4v) is 4.37. The number of carbonyl (C=O) groups is 1. The van der Waals surface area contributed by atoms with Crippen LogP contribution in [0, 0.1) is 0 Å². The minimum Gasteiger partial charge on any atom is -0.393 e. The summed E-state index contributed by atoms with van der Waals surface area (Å²) in [6, 6.07) is 6.49. The van der Waals surface area contributed by atoms with Crippen molar-refractivity contribution in [2.75, 3.05) is 16.9 Å². The Morgan fingerprint density at radius 3 is 2.43 bits per heavy atom. The number of nitrogens with zero attached hydrogens (tertiary/aromatic N) is 2. The molecule has 1 aromatic heterocycles. The zero-order chi connectivity index (χ0) is 21.9. The van der Waals surface area contributed by atoms with E-state index in [1.807, 2.05) is 6.92 Å². The second kappa shape index (κ2) is 8.97. The van der Waals surface area contributed by atoms with Crippen molar-refractivity contribution >= 4 is 33.1 Å². The summed E-state index contributed by atoms with van der Waals surface area (Å²) in [4.78, 5) is 21.0. The standard InChI is InChI=1S/C20H27N5O4S/c1-3-14-19(22-12-8-10-13(26)11-9-12)25-20(17(23-14)18(21)27)24-15-6-4-5-7-16(15)30(2,28)29/h4-7,12-13,26H,3,8-11H2,1-2H3,(H2,21,27)(H2,22,24,25)/t12-,13-. The van der Waals surface area contributed by atoms with Crippen LogP contribution in [-0.4, -0.2) is 47.8 Å². The van der Waals surface area contributed by atoms with Crippen LogP contribution in [0.25, 0.3) is 0 Å². The van der Waals surface area contributed by atoms with Crippen molar-refractivity contribution in [3.05, 3.63) is 35.7 Å². The molecule has 0 spiro atoms. The average Bonchev–Trinajstić information content (AvgIpc) is 2.69. The molecule has 1 heterocycles. The lowest BCUT2D eigenvalue weighted by molar-refractivity contribution is 0.0996. The third-order valence-corrected chi connectivity index (χ3v) is 6.27. The molecule has 0 unspecified atom stereocenters. The molecule has 0 atom stereocenters. The molecule has 3 rings (SSSR count). The van der Waals surface area contributed by atoms with Crippen LogP contribution in [0.15, 0.2) is 29.2 Å². The van der Waals surface area contributed by atoms with Crippen LogP contribution in [0.1, 0.15) is 48.8 Å². The molecule has 1 amide bonds. The summed E-state index contributed by atoms with van der Waals surface area (Å²) >= 11 is 0. The molecule has 5 N–H and O–H groups in total. The Bertz CT molecular complexity index is 1030. The van der Waals surface area contributed by atoms with Crippen molar-refractivity contribution in [1.82, 2.24) is 9.97 Å². The fraction of sp³-hybridized carbons (Fsp3) is 0.450. The number of aromatic nitrogens is 2. The van der Waals surface area contributed by atoms with E-state index in [1.165, 1.54) is 6.07 Å². The van der Waals surface area contributed by atoms with Gasteiger partial charge < -0.3 is 21.5 Å². The van der Waals surface area contributed by atoms with Gasteiger partial charge in [0.15, 0.2) is 21.3 Å². The Kier molecular flexibility index (Phi) is 6.57. The van der Waals surface area contributed by atoms with Gasteiger partial charge in [-0.05, 0) is 44.2 Å². The Morgan fingerprint density at radius 2 is 1.83 bits per heavy atom. The summed E-state index contributed by atoms with van der Waals surface area (Å²) in [6.07, 6.45) is 4.37. The van der Waals surface area contributed by atoms with Crippen molar-refractivity contribution in [2.24, 2.45) is 5.73 Å². The van der Waals surface area contributed by atoms with Crippen molar-refractivity contribution in [3.8, 4) is 0 Å². The van der Waals surface area contributed by atoms with E-state index in [0.717, 1.165) is 19.1 Å². The molecule has 1 aromatic carbocycles. The SMILES string of the molecule is CCc1nc(C(N)=O)c(Nc2ccccc2S(C)(=O)=O)nc1N[C@H]1CC[C@H](O)CC1. The Hall–Kier alpha value is -2.72. The predicted molar refractivity (Wildman–Crippen MR) is 115 cm³/mol. The maximum Gasteiger partial charge on any atom is 0.271 e. The maximum absolute atomic E-state index is 12.1. The van der Waals surface area contributed by atoms with E-state index in [0.29, 0.717) is 30.8 Å². The van der Waals surface area contributed by atoms with Crippen LogP contribution in [-0.2, 0) is 16.3 Å². The number of primary amides is 1. The first kappa shape index (κ1) is 22.0. The lowest BCUT2D eigenvalue weighted by atomic mass is 9.93. The van der Waals surface area contributed by atoms with E-state index in [-0.39, 0.29) is 34.2 Å². The van der Waals surface area contributed by atoms with Crippen molar-refractivity contribution in [1.29, 1.82) is 0 Å². The monoisotopic (exact) mass is 433 g/mol. The number of nitrogens with one attached hydrogen (secondary N) is 2. The quantitative estimate of drug-likeness (QED) is 0.518. The molecule has 1 saturated carbocycles. The van der Waals surface area contributed by atoms with E-state index in [9.17, 15) is 18.3 Å². The zero-order valence-electron chi connectivity index (χ0n) is 17.1. The number of amides is 1. The number of rotatable bonds is 7. The molecule has 10 heteroatoms. The van der Waals surface area contributed by atoms with E-state index in [4.69, 9.17) is 5.73 Å². The van der Waals surface area contributed by atoms with Crippen LogP contribution in [0.3, 0.4) is 0 Å². The minimum absolute atomic E-state index is 0.0558. The van der Waals surface area contributed by atoms with Crippen molar-refractivity contribution < 1.29 is 18.3 Å². The van der Waals surface area contributed by atoms with Crippen molar-refractivity contribution in [3.63, 3.8) is 0 Å². The van der Waals surface area contributed by atoms with Gasteiger partial charge in [0.2, 0.25) is 0 Å². The first-order valence-electron chi connectivity index (χ1n) is 9.90. The van der Waals surface area contributed by atoms with Gasteiger partial charge in [-0.25, -0.2) is 18.4 Å². The lowest BCUT2D eigenvalue weighted by Gasteiger charge is -2.27. The number of hydrogen-bond acceptors (Lipinski definition) is 8. The van der Waals surface area contributed by atoms with E-state index in [1.54, 1.807) is 18.2 Å². The van der Waals surface area contributed by atoms with Gasteiger partial charge in [0.05, 0.1) is 22.4 Å². The van der Waals surface area contributed by atoms with E-state index >= 15 is 0 Å². The highest BCUT2D eigenvalue weighted by molar-refractivity contribution is 7.90. The third kappa shape index (κ3) is 5.06. The molecule has 162 valence electrons. The Morgan fingerprint density at radius 1 is 1.17 bits per heavy atom. The summed E-state index contributed by atoms with van der Waals surface area (Å²) in [5.41, 5.74) is 6.34. The van der Waals surface area contributed by atoms with Gasteiger partial charge in [0, 0.05) is 12.3 Å². The highest BCUT2D eigenvalue weighted by Gasteiger charge is 2.23. The molecule has 0 radical (unpaired) electrons. The predicted octanol–water partition coefficient (Wildman–Crippen LogP) is 2.00. The molecule has 0 aliphatic heterocycles. The van der Waals surface area contributed by atoms with Crippen LogP contribution < -0.4 is 16.4 Å². The van der Waals surface area contributed by atoms with Gasteiger partial charge in [-0.1, -0.05) is 19.1 Å². The molecule has 9 nitrogen and oxygen atoms in total. The van der Waals surface area contributed by atoms with Crippen LogP contribution in [0.4, 0.5) is 17.3 Å². The number of sulfone groups is 1. The minimum atomic E-state index is -3.50. The molecule has 1 aliphatic carbocycles. The number of aliphatic hydroxyl groups excluding tert-OH is 1. The molecule has 1 fully saturated rings. The Balaban J connectivity index is 2.00. The second-order valence-corrected chi connectivity index (χ2v) is 9.46. The Labute approximate surface area is 176 Å². The number of para-hydroxylation sites is 1. The summed E-state index contributed by atoms with van der Waals surface area (Å²) in [5, 5.41) is 16.0. The molecule has 30 heavy (non-hydrogen) atoms. The fourth-order valence-electron chi connectivity index (χ4n) is 3.53. The van der Waals surface area contributed by atoms with Crippen molar-refractivity contribution in [2.45, 2.75) is 56.1 Å². The summed E-state index contributed by atoms with van der Waals surface area (Å²) in [5.74, 6) is -0.152. The smallest absolute Gasteiger partial charge is 0.271 e. The van der Waals surface area contributed by atoms with Crippen LogP contribution in [0.2, 0.25) is 0 Å². The maximum atomic E-state index is 12.1. The number of anilines is 3. The van der Waals surface area contributed by atoms with Gasteiger partial charge in [-0.15, -0.1) is 0 Å². The van der Waals surface area contributed by atoms with Gasteiger partial charge >= 0.3 is 0 Å². The number of nitrogens with two attached hydrogens (primary N) is 1. The number of carbonyl (C=O) groups excluding carboxylic acids is 1. The lowest BCUT2D eigenvalue weighted by Crippen LogP contribution is -2.29. The van der Waals surface area contributed by atoms with Gasteiger partial charge in [-0.2, -0.15) is 0 Å². The summed E-state index contributed by atoms with van der Waals surface area (Å²) < 4.78 is 24.2. The van der Waals surface area contributed by atoms with Crippen LogP contribution in [0.5, 0.6) is 0 Å². The largest absolute Gasteiger partial charge is 0.393 e. The molecule has 0 bridgehead atoms. The molecule has 1 aliphatic rings.